The van der Waals surface area contributed by atoms with E-state index in [1.807, 2.05) is 12.1 Å². The molecule has 0 aliphatic carbocycles. The Kier molecular flexibility index (Phi) is 3.04. The number of aromatic amines is 1. The Hall–Kier alpha value is -2.37. The van der Waals surface area contributed by atoms with Gasteiger partial charge in [-0.1, -0.05) is 0 Å². The molecule has 0 radical (unpaired) electrons. The number of urea groups is 1. The quantitative estimate of drug-likeness (QED) is 0.823. The summed E-state index contributed by atoms with van der Waals surface area (Å²) in [6.07, 6.45) is 3.41. The molecule has 6 nitrogen and oxygen atoms in total. The Balaban J connectivity index is 2.14. The van der Waals surface area contributed by atoms with Gasteiger partial charge in [-0.25, -0.2) is 4.79 Å². The first kappa shape index (κ1) is 11.1. The van der Waals surface area contributed by atoms with Gasteiger partial charge in [0.05, 0.1) is 5.69 Å². The molecular weight excluding hydrogens is 218 g/mol. The lowest BCUT2D eigenvalue weighted by Gasteiger charge is -2.09. The number of aromatic nitrogens is 3. The first-order valence-electron chi connectivity index (χ1n) is 5.11. The van der Waals surface area contributed by atoms with Gasteiger partial charge in [0, 0.05) is 38.1 Å². The molecule has 0 bridgehead atoms. The highest BCUT2D eigenvalue weighted by Gasteiger charge is 2.07. The molecule has 0 spiro atoms. The molecular formula is C11H13N5O. The zero-order chi connectivity index (χ0) is 12.3. The van der Waals surface area contributed by atoms with E-state index in [-0.39, 0.29) is 6.03 Å². The van der Waals surface area contributed by atoms with E-state index >= 15 is 0 Å². The summed E-state index contributed by atoms with van der Waals surface area (Å²) in [4.78, 5) is 16.8. The van der Waals surface area contributed by atoms with Gasteiger partial charge in [0.15, 0.2) is 5.82 Å². The number of nitrogens with one attached hydrogen (secondary N) is 2. The number of anilines is 1. The Bertz CT molecular complexity index is 506. The van der Waals surface area contributed by atoms with E-state index in [0.29, 0.717) is 5.82 Å². The number of nitrogens with zero attached hydrogens (tertiary/aromatic N) is 3. The monoisotopic (exact) mass is 231 g/mol. The number of carbonyl (C=O) groups excluding carboxylic acids is 1. The third-order valence-corrected chi connectivity index (χ3v) is 2.21. The fourth-order valence-corrected chi connectivity index (χ4v) is 1.29. The van der Waals surface area contributed by atoms with E-state index in [9.17, 15) is 4.79 Å². The molecule has 2 aromatic rings. The second-order valence-electron chi connectivity index (χ2n) is 3.73. The lowest BCUT2D eigenvalue weighted by molar-refractivity contribution is 0.230. The van der Waals surface area contributed by atoms with Crippen LogP contribution < -0.4 is 5.32 Å². The molecule has 2 N–H and O–H groups in total. The summed E-state index contributed by atoms with van der Waals surface area (Å²) in [5.74, 6) is 0.496. The van der Waals surface area contributed by atoms with Crippen LogP contribution in [0, 0.1) is 0 Å². The molecule has 0 unspecified atom stereocenters. The zero-order valence-electron chi connectivity index (χ0n) is 9.64. The zero-order valence-corrected chi connectivity index (χ0v) is 9.64. The van der Waals surface area contributed by atoms with Gasteiger partial charge in [-0.15, -0.1) is 0 Å². The minimum Gasteiger partial charge on any atom is -0.331 e. The van der Waals surface area contributed by atoms with Crippen LogP contribution in [0.4, 0.5) is 10.6 Å². The first-order chi connectivity index (χ1) is 8.16. The van der Waals surface area contributed by atoms with Crippen LogP contribution in [0.15, 0.2) is 30.6 Å². The van der Waals surface area contributed by atoms with Crippen molar-refractivity contribution in [2.45, 2.75) is 0 Å². The van der Waals surface area contributed by atoms with E-state index in [4.69, 9.17) is 0 Å². The Morgan fingerprint density at radius 1 is 1.35 bits per heavy atom. The molecule has 0 atom stereocenters. The summed E-state index contributed by atoms with van der Waals surface area (Å²) in [7, 11) is 3.34. The van der Waals surface area contributed by atoms with Gasteiger partial charge in [0.25, 0.3) is 0 Å². The smallest absolute Gasteiger partial charge is 0.322 e. The highest BCUT2D eigenvalue weighted by atomic mass is 16.2. The predicted molar refractivity (Wildman–Crippen MR) is 64.5 cm³/mol. The lowest BCUT2D eigenvalue weighted by atomic mass is 10.2. The second-order valence-corrected chi connectivity index (χ2v) is 3.73. The molecule has 2 amide bonds. The Labute approximate surface area is 98.7 Å². The van der Waals surface area contributed by atoms with Crippen molar-refractivity contribution >= 4 is 11.8 Å². The first-order valence-corrected chi connectivity index (χ1v) is 5.11. The number of hydrogen-bond acceptors (Lipinski definition) is 3. The van der Waals surface area contributed by atoms with Crippen molar-refractivity contribution < 1.29 is 4.79 Å². The largest absolute Gasteiger partial charge is 0.331 e. The maximum absolute atomic E-state index is 11.4. The third-order valence-electron chi connectivity index (χ3n) is 2.21. The van der Waals surface area contributed by atoms with Crippen molar-refractivity contribution in [1.82, 2.24) is 20.1 Å². The van der Waals surface area contributed by atoms with Crippen LogP contribution in [-0.2, 0) is 0 Å². The van der Waals surface area contributed by atoms with Crippen LogP contribution in [-0.4, -0.2) is 40.2 Å². The minimum atomic E-state index is -0.210. The fraction of sp³-hybridized carbons (Fsp3) is 0.182. The number of pyridine rings is 1. The maximum Gasteiger partial charge on any atom is 0.322 e. The van der Waals surface area contributed by atoms with Gasteiger partial charge in [-0.3, -0.25) is 15.4 Å². The van der Waals surface area contributed by atoms with Crippen LogP contribution in [0.3, 0.4) is 0 Å². The van der Waals surface area contributed by atoms with Crippen molar-refractivity contribution in [2.24, 2.45) is 0 Å². The van der Waals surface area contributed by atoms with Gasteiger partial charge >= 0.3 is 6.03 Å². The van der Waals surface area contributed by atoms with Gasteiger partial charge in [0.1, 0.15) is 0 Å². The number of H-pyrrole nitrogens is 1. The van der Waals surface area contributed by atoms with Crippen molar-refractivity contribution in [1.29, 1.82) is 0 Å². The molecule has 88 valence electrons. The fourth-order valence-electron chi connectivity index (χ4n) is 1.29. The Morgan fingerprint density at radius 3 is 2.71 bits per heavy atom. The summed E-state index contributed by atoms with van der Waals surface area (Å²) in [5.41, 5.74) is 1.80. The number of amides is 2. The number of hydrogen-bond donors (Lipinski definition) is 2. The average molecular weight is 231 g/mol. The van der Waals surface area contributed by atoms with Gasteiger partial charge < -0.3 is 4.90 Å². The van der Waals surface area contributed by atoms with Crippen LogP contribution in [0.2, 0.25) is 0 Å². The van der Waals surface area contributed by atoms with Crippen LogP contribution in [0.25, 0.3) is 11.3 Å². The summed E-state index contributed by atoms with van der Waals surface area (Å²) in [6, 6.07) is 5.30. The van der Waals surface area contributed by atoms with E-state index in [1.165, 1.54) is 4.90 Å². The molecule has 0 saturated carbocycles. The molecule has 2 aromatic heterocycles. The minimum absolute atomic E-state index is 0.210. The summed E-state index contributed by atoms with van der Waals surface area (Å²) in [5, 5.41) is 9.53. The standard InChI is InChI=1S/C11H13N5O/c1-16(2)11(17)13-10-7-9(14-15-10)8-3-5-12-6-4-8/h3-7H,1-2H3,(H2,13,14,15,17). The number of carbonyl (C=O) groups is 1. The molecule has 0 aromatic carbocycles. The Morgan fingerprint density at radius 2 is 2.06 bits per heavy atom. The third kappa shape index (κ3) is 2.60. The molecule has 2 rings (SSSR count). The van der Waals surface area contributed by atoms with Gasteiger partial charge in [-0.2, -0.15) is 5.10 Å². The topological polar surface area (TPSA) is 73.9 Å². The summed E-state index contributed by atoms with van der Waals surface area (Å²) in [6.45, 7) is 0. The van der Waals surface area contributed by atoms with Crippen LogP contribution in [0.5, 0.6) is 0 Å². The predicted octanol–water partition coefficient (Wildman–Crippen LogP) is 1.57. The average Bonchev–Trinajstić information content (AvgIpc) is 2.78. The van der Waals surface area contributed by atoms with E-state index in [1.54, 1.807) is 32.6 Å². The van der Waals surface area contributed by atoms with Gasteiger partial charge in [0.2, 0.25) is 0 Å². The molecule has 17 heavy (non-hydrogen) atoms. The van der Waals surface area contributed by atoms with E-state index < -0.39 is 0 Å². The SMILES string of the molecule is CN(C)C(=O)Nc1cc(-c2ccncc2)[nH]n1. The van der Waals surface area contributed by atoms with Crippen LogP contribution in [0.1, 0.15) is 0 Å². The molecule has 2 heterocycles. The summed E-state index contributed by atoms with van der Waals surface area (Å²) < 4.78 is 0. The summed E-state index contributed by atoms with van der Waals surface area (Å²) >= 11 is 0. The maximum atomic E-state index is 11.4. The molecule has 0 aliphatic rings. The van der Waals surface area contributed by atoms with Gasteiger partial charge in [-0.05, 0) is 12.1 Å². The highest BCUT2D eigenvalue weighted by molar-refractivity contribution is 5.88. The molecule has 0 fully saturated rings. The molecule has 0 aliphatic heterocycles. The van der Waals surface area contributed by atoms with Crippen molar-refractivity contribution in [3.05, 3.63) is 30.6 Å². The second kappa shape index (κ2) is 4.65. The van der Waals surface area contributed by atoms with E-state index in [0.717, 1.165) is 11.3 Å². The lowest BCUT2D eigenvalue weighted by Crippen LogP contribution is -2.27. The van der Waals surface area contributed by atoms with Crippen molar-refractivity contribution in [2.75, 3.05) is 19.4 Å². The molecule has 6 heteroatoms. The normalized spacial score (nSPS) is 10.0. The number of rotatable bonds is 2. The van der Waals surface area contributed by atoms with Crippen molar-refractivity contribution in [3.8, 4) is 11.3 Å². The van der Waals surface area contributed by atoms with Crippen molar-refractivity contribution in [3.63, 3.8) is 0 Å². The molecule has 0 saturated heterocycles. The highest BCUT2D eigenvalue weighted by Crippen LogP contribution is 2.18. The van der Waals surface area contributed by atoms with Crippen LogP contribution >= 0.6 is 0 Å². The van der Waals surface area contributed by atoms with E-state index in [2.05, 4.69) is 20.5 Å².